The second-order valence-corrected chi connectivity index (χ2v) is 4.34. The van der Waals surface area contributed by atoms with Gasteiger partial charge in [0.2, 0.25) is 0 Å². The molecule has 0 fully saturated rings. The van der Waals surface area contributed by atoms with Gasteiger partial charge < -0.3 is 9.67 Å². The predicted octanol–water partition coefficient (Wildman–Crippen LogP) is 2.14. The van der Waals surface area contributed by atoms with Crippen molar-refractivity contribution in [2.75, 3.05) is 0 Å². The Kier molecular flexibility index (Phi) is 4.10. The van der Waals surface area contributed by atoms with Crippen LogP contribution in [-0.2, 0) is 19.4 Å². The van der Waals surface area contributed by atoms with Gasteiger partial charge in [0, 0.05) is 24.9 Å². The number of aliphatic hydroxyl groups excluding tert-OH is 1. The summed E-state index contributed by atoms with van der Waals surface area (Å²) in [5.41, 5.74) is 2.97. The molecule has 18 heavy (non-hydrogen) atoms. The highest BCUT2D eigenvalue weighted by atomic mass is 16.3. The lowest BCUT2D eigenvalue weighted by Gasteiger charge is -2.12. The van der Waals surface area contributed by atoms with Crippen LogP contribution in [-0.4, -0.2) is 19.6 Å². The maximum absolute atomic E-state index is 10.2. The Balaban J connectivity index is 2.08. The molecule has 1 N–H and O–H groups in total. The molecule has 0 spiro atoms. The third-order valence-corrected chi connectivity index (χ3v) is 3.12. The molecule has 0 aliphatic rings. The van der Waals surface area contributed by atoms with Crippen LogP contribution in [0.2, 0.25) is 0 Å². The molecule has 0 saturated heterocycles. The van der Waals surface area contributed by atoms with E-state index in [1.165, 1.54) is 5.56 Å². The molecule has 4 nitrogen and oxygen atoms in total. The van der Waals surface area contributed by atoms with Crippen molar-refractivity contribution in [3.8, 4) is 0 Å². The first-order chi connectivity index (χ1) is 8.74. The van der Waals surface area contributed by atoms with Crippen LogP contribution in [0.25, 0.3) is 0 Å². The Morgan fingerprint density at radius 1 is 1.28 bits per heavy atom. The van der Waals surface area contributed by atoms with Crippen LogP contribution in [0, 0.1) is 0 Å². The summed E-state index contributed by atoms with van der Waals surface area (Å²) in [7, 11) is 0. The van der Waals surface area contributed by atoms with Gasteiger partial charge in [0.15, 0.2) is 0 Å². The average Bonchev–Trinajstić information content (AvgIpc) is 2.88. The Hall–Kier alpha value is -1.68. The van der Waals surface area contributed by atoms with E-state index in [0.717, 1.165) is 24.4 Å². The van der Waals surface area contributed by atoms with Crippen LogP contribution in [0.5, 0.6) is 0 Å². The standard InChI is InChI=1S/C14H19N3O/c1-3-11-5-6-12(16-8-11)7-14(18)13-9-15-10-17(13)4-2/h5-6,8-10,14,18H,3-4,7H2,1-2H3. The summed E-state index contributed by atoms with van der Waals surface area (Å²) in [6.07, 6.45) is 6.29. The zero-order valence-corrected chi connectivity index (χ0v) is 10.9. The van der Waals surface area contributed by atoms with Crippen LogP contribution < -0.4 is 0 Å². The molecule has 2 aromatic heterocycles. The van der Waals surface area contributed by atoms with Gasteiger partial charge in [0.05, 0.1) is 18.2 Å². The number of nitrogens with zero attached hydrogens (tertiary/aromatic N) is 3. The molecule has 96 valence electrons. The molecular formula is C14H19N3O. The van der Waals surface area contributed by atoms with Gasteiger partial charge >= 0.3 is 0 Å². The first kappa shape index (κ1) is 12.8. The summed E-state index contributed by atoms with van der Waals surface area (Å²) < 4.78 is 1.95. The van der Waals surface area contributed by atoms with Gasteiger partial charge in [-0.3, -0.25) is 4.98 Å². The van der Waals surface area contributed by atoms with Crippen molar-refractivity contribution in [3.63, 3.8) is 0 Å². The summed E-state index contributed by atoms with van der Waals surface area (Å²) in [5.74, 6) is 0. The largest absolute Gasteiger partial charge is 0.386 e. The molecule has 1 atom stereocenters. The minimum atomic E-state index is -0.549. The summed E-state index contributed by atoms with van der Waals surface area (Å²) in [5, 5.41) is 10.2. The number of aliphatic hydroxyl groups is 1. The van der Waals surface area contributed by atoms with Gasteiger partial charge in [-0.15, -0.1) is 0 Å². The third-order valence-electron chi connectivity index (χ3n) is 3.12. The molecule has 2 rings (SSSR count). The number of aromatic nitrogens is 3. The van der Waals surface area contributed by atoms with E-state index in [2.05, 4.69) is 23.0 Å². The van der Waals surface area contributed by atoms with Crippen LogP contribution in [0.15, 0.2) is 30.9 Å². The zero-order chi connectivity index (χ0) is 13.0. The zero-order valence-electron chi connectivity index (χ0n) is 10.9. The molecule has 0 amide bonds. The van der Waals surface area contributed by atoms with E-state index in [9.17, 15) is 5.11 Å². The summed E-state index contributed by atoms with van der Waals surface area (Å²) in [6.45, 7) is 4.95. The van der Waals surface area contributed by atoms with Crippen LogP contribution in [0.3, 0.4) is 0 Å². The van der Waals surface area contributed by atoms with Crippen LogP contribution in [0.1, 0.15) is 36.9 Å². The minimum Gasteiger partial charge on any atom is -0.386 e. The fourth-order valence-electron chi connectivity index (χ4n) is 1.96. The quantitative estimate of drug-likeness (QED) is 0.878. The number of rotatable bonds is 5. The Labute approximate surface area is 107 Å². The molecule has 0 aromatic carbocycles. The molecule has 4 heteroatoms. The van der Waals surface area contributed by atoms with E-state index in [4.69, 9.17) is 0 Å². The van der Waals surface area contributed by atoms with Gasteiger partial charge in [-0.1, -0.05) is 13.0 Å². The maximum Gasteiger partial charge on any atom is 0.101 e. The van der Waals surface area contributed by atoms with E-state index in [-0.39, 0.29) is 0 Å². The Bertz CT molecular complexity index is 490. The van der Waals surface area contributed by atoms with E-state index in [1.807, 2.05) is 23.8 Å². The molecular weight excluding hydrogens is 226 g/mol. The van der Waals surface area contributed by atoms with E-state index in [0.29, 0.717) is 6.42 Å². The lowest BCUT2D eigenvalue weighted by molar-refractivity contribution is 0.167. The van der Waals surface area contributed by atoms with E-state index < -0.39 is 6.10 Å². The minimum absolute atomic E-state index is 0.523. The molecule has 0 aliphatic carbocycles. The van der Waals surface area contributed by atoms with Gasteiger partial charge in [-0.05, 0) is 25.0 Å². The molecule has 0 bridgehead atoms. The molecule has 2 aromatic rings. The third kappa shape index (κ3) is 2.76. The molecule has 1 unspecified atom stereocenters. The van der Waals surface area contributed by atoms with Gasteiger partial charge in [-0.25, -0.2) is 4.98 Å². The van der Waals surface area contributed by atoms with Crippen molar-refractivity contribution in [1.82, 2.24) is 14.5 Å². The van der Waals surface area contributed by atoms with Gasteiger partial charge in [0.25, 0.3) is 0 Å². The van der Waals surface area contributed by atoms with Crippen molar-refractivity contribution in [1.29, 1.82) is 0 Å². The van der Waals surface area contributed by atoms with Gasteiger partial charge in [-0.2, -0.15) is 0 Å². The molecule has 0 aliphatic heterocycles. The predicted molar refractivity (Wildman–Crippen MR) is 70.2 cm³/mol. The first-order valence-electron chi connectivity index (χ1n) is 6.36. The summed E-state index contributed by atoms with van der Waals surface area (Å²) >= 11 is 0. The number of aryl methyl sites for hydroxylation is 2. The lowest BCUT2D eigenvalue weighted by Crippen LogP contribution is -2.09. The molecule has 2 heterocycles. The van der Waals surface area contributed by atoms with Crippen LogP contribution >= 0.6 is 0 Å². The highest BCUT2D eigenvalue weighted by Crippen LogP contribution is 2.17. The second-order valence-electron chi connectivity index (χ2n) is 4.34. The topological polar surface area (TPSA) is 50.9 Å². The SMILES string of the molecule is CCc1ccc(CC(O)c2cncn2CC)nc1. The highest BCUT2D eigenvalue weighted by molar-refractivity contribution is 5.16. The second kappa shape index (κ2) is 5.78. The monoisotopic (exact) mass is 245 g/mol. The van der Waals surface area contributed by atoms with Crippen molar-refractivity contribution in [3.05, 3.63) is 47.8 Å². The molecule has 0 radical (unpaired) electrons. The average molecular weight is 245 g/mol. The fraction of sp³-hybridized carbons (Fsp3) is 0.429. The lowest BCUT2D eigenvalue weighted by atomic mass is 10.1. The summed E-state index contributed by atoms with van der Waals surface area (Å²) in [6, 6.07) is 4.04. The molecule has 0 saturated carbocycles. The number of hydrogen-bond donors (Lipinski definition) is 1. The smallest absolute Gasteiger partial charge is 0.101 e. The van der Waals surface area contributed by atoms with Crippen LogP contribution in [0.4, 0.5) is 0 Å². The van der Waals surface area contributed by atoms with E-state index in [1.54, 1.807) is 12.5 Å². The summed E-state index contributed by atoms with van der Waals surface area (Å²) in [4.78, 5) is 8.43. The van der Waals surface area contributed by atoms with Gasteiger partial charge in [0.1, 0.15) is 6.10 Å². The number of pyridine rings is 1. The van der Waals surface area contributed by atoms with Crippen molar-refractivity contribution < 1.29 is 5.11 Å². The van der Waals surface area contributed by atoms with E-state index >= 15 is 0 Å². The number of hydrogen-bond acceptors (Lipinski definition) is 3. The first-order valence-corrected chi connectivity index (χ1v) is 6.36. The van der Waals surface area contributed by atoms with Crippen molar-refractivity contribution in [2.45, 2.75) is 39.3 Å². The fourth-order valence-corrected chi connectivity index (χ4v) is 1.96. The van der Waals surface area contributed by atoms with Crippen molar-refractivity contribution in [2.24, 2.45) is 0 Å². The maximum atomic E-state index is 10.2. The Morgan fingerprint density at radius 2 is 2.11 bits per heavy atom. The van der Waals surface area contributed by atoms with Crippen molar-refractivity contribution >= 4 is 0 Å². The normalized spacial score (nSPS) is 12.6. The highest BCUT2D eigenvalue weighted by Gasteiger charge is 2.13. The Morgan fingerprint density at radius 3 is 2.72 bits per heavy atom. The number of imidazole rings is 1.